The highest BCUT2D eigenvalue weighted by molar-refractivity contribution is 5.70. The number of hydrogen-bond donors (Lipinski definition) is 0. The van der Waals surface area contributed by atoms with Crippen LogP contribution in [0.3, 0.4) is 0 Å². The summed E-state index contributed by atoms with van der Waals surface area (Å²) in [5.74, 6) is -0.740. The van der Waals surface area contributed by atoms with Crippen LogP contribution < -0.4 is 0 Å². The van der Waals surface area contributed by atoms with E-state index in [-0.39, 0.29) is 29.0 Å². The number of carbonyl (C=O) groups excluding carboxylic acids is 1. The second-order valence-electron chi connectivity index (χ2n) is 7.30. The molecule has 0 bridgehead atoms. The van der Waals surface area contributed by atoms with Crippen LogP contribution in [0.2, 0.25) is 0 Å². The summed E-state index contributed by atoms with van der Waals surface area (Å²) in [6, 6.07) is 0. The van der Waals surface area contributed by atoms with Gasteiger partial charge in [-0.2, -0.15) is 0 Å². The SMILES string of the molecule is C=C(F)C1(CC(=O)OC)CC(C)(C)CC(C)(C)C1. The molecule has 3 heteroatoms. The number of allylic oxidation sites excluding steroid dienone is 1. The van der Waals surface area contributed by atoms with Crippen LogP contribution in [0.1, 0.15) is 53.4 Å². The highest BCUT2D eigenvalue weighted by Gasteiger charge is 2.50. The molecule has 104 valence electrons. The van der Waals surface area contributed by atoms with Crippen LogP contribution in [0.15, 0.2) is 12.4 Å². The van der Waals surface area contributed by atoms with Gasteiger partial charge in [-0.1, -0.05) is 34.3 Å². The Morgan fingerprint density at radius 2 is 1.61 bits per heavy atom. The summed E-state index contributed by atoms with van der Waals surface area (Å²) in [5.41, 5.74) is -0.756. The van der Waals surface area contributed by atoms with Crippen molar-refractivity contribution in [3.05, 3.63) is 12.4 Å². The topological polar surface area (TPSA) is 26.3 Å². The Hall–Kier alpha value is -0.860. The molecule has 18 heavy (non-hydrogen) atoms. The standard InChI is InChI=1S/C15H25FO2/c1-11(16)15(7-12(17)18-6)9-13(2,3)8-14(4,5)10-15/h1,7-10H2,2-6H3. The lowest BCUT2D eigenvalue weighted by atomic mass is 9.54. The normalized spacial score (nSPS) is 24.3. The van der Waals surface area contributed by atoms with Crippen molar-refractivity contribution in [2.24, 2.45) is 16.2 Å². The van der Waals surface area contributed by atoms with Crippen molar-refractivity contribution in [3.63, 3.8) is 0 Å². The molecule has 1 rings (SSSR count). The third kappa shape index (κ3) is 3.33. The molecule has 0 N–H and O–H groups in total. The molecule has 2 nitrogen and oxygen atoms in total. The minimum Gasteiger partial charge on any atom is -0.469 e. The van der Waals surface area contributed by atoms with E-state index in [4.69, 9.17) is 4.74 Å². The van der Waals surface area contributed by atoms with Crippen molar-refractivity contribution in [3.8, 4) is 0 Å². The fourth-order valence-electron chi connectivity index (χ4n) is 4.08. The molecule has 1 fully saturated rings. The highest BCUT2D eigenvalue weighted by atomic mass is 19.1. The Morgan fingerprint density at radius 1 is 1.17 bits per heavy atom. The maximum atomic E-state index is 14.0. The summed E-state index contributed by atoms with van der Waals surface area (Å²) in [4.78, 5) is 11.6. The summed E-state index contributed by atoms with van der Waals surface area (Å²) >= 11 is 0. The van der Waals surface area contributed by atoms with E-state index >= 15 is 0 Å². The van der Waals surface area contributed by atoms with Crippen molar-refractivity contribution in [1.82, 2.24) is 0 Å². The average Bonchev–Trinajstić information content (AvgIpc) is 2.11. The van der Waals surface area contributed by atoms with E-state index in [1.165, 1.54) is 7.11 Å². The quantitative estimate of drug-likeness (QED) is 0.705. The van der Waals surface area contributed by atoms with Gasteiger partial charge in [0.15, 0.2) is 0 Å². The second kappa shape index (κ2) is 4.67. The zero-order valence-electron chi connectivity index (χ0n) is 12.2. The molecule has 0 spiro atoms. The van der Waals surface area contributed by atoms with Gasteiger partial charge in [0.1, 0.15) is 0 Å². The second-order valence-corrected chi connectivity index (χ2v) is 7.30. The first-order valence-electron chi connectivity index (χ1n) is 6.44. The van der Waals surface area contributed by atoms with Crippen molar-refractivity contribution in [2.75, 3.05) is 7.11 Å². The zero-order chi connectivity index (χ0) is 14.2. The van der Waals surface area contributed by atoms with Gasteiger partial charge in [-0.05, 0) is 30.1 Å². The largest absolute Gasteiger partial charge is 0.469 e. The molecule has 1 saturated carbocycles. The summed E-state index contributed by atoms with van der Waals surface area (Å²) < 4.78 is 18.7. The Labute approximate surface area is 110 Å². The van der Waals surface area contributed by atoms with Gasteiger partial charge in [0.05, 0.1) is 19.4 Å². The molecule has 0 atom stereocenters. The van der Waals surface area contributed by atoms with Crippen molar-refractivity contribution < 1.29 is 13.9 Å². The monoisotopic (exact) mass is 256 g/mol. The van der Waals surface area contributed by atoms with Gasteiger partial charge < -0.3 is 4.74 Å². The maximum Gasteiger partial charge on any atom is 0.306 e. The molecule has 0 aromatic rings. The first kappa shape index (κ1) is 15.2. The summed E-state index contributed by atoms with van der Waals surface area (Å²) in [5, 5.41) is 0. The molecule has 0 unspecified atom stereocenters. The molecule has 0 aliphatic heterocycles. The van der Waals surface area contributed by atoms with Crippen LogP contribution in [-0.4, -0.2) is 13.1 Å². The fraction of sp³-hybridized carbons (Fsp3) is 0.800. The molecule has 0 aromatic carbocycles. The van der Waals surface area contributed by atoms with E-state index in [9.17, 15) is 9.18 Å². The lowest BCUT2D eigenvalue weighted by Gasteiger charge is -2.51. The number of ether oxygens (including phenoxy) is 1. The molecule has 0 saturated heterocycles. The molecule has 0 radical (unpaired) electrons. The van der Waals surface area contributed by atoms with E-state index in [0.29, 0.717) is 12.8 Å². The Kier molecular flexibility index (Phi) is 3.94. The number of rotatable bonds is 3. The molecule has 1 aliphatic carbocycles. The van der Waals surface area contributed by atoms with Crippen LogP contribution in [0, 0.1) is 16.2 Å². The third-order valence-electron chi connectivity index (χ3n) is 3.88. The maximum absolute atomic E-state index is 14.0. The summed E-state index contributed by atoms with van der Waals surface area (Å²) in [7, 11) is 1.34. The molecule has 0 amide bonds. The van der Waals surface area contributed by atoms with Crippen LogP contribution in [-0.2, 0) is 9.53 Å². The van der Waals surface area contributed by atoms with E-state index in [0.717, 1.165) is 6.42 Å². The first-order chi connectivity index (χ1) is 8.02. The molecule has 0 aromatic heterocycles. The van der Waals surface area contributed by atoms with Gasteiger partial charge >= 0.3 is 5.97 Å². The number of halogens is 1. The van der Waals surface area contributed by atoms with E-state index in [2.05, 4.69) is 34.3 Å². The minimum atomic E-state index is -0.766. The first-order valence-corrected chi connectivity index (χ1v) is 6.44. The Balaban J connectivity index is 3.10. The van der Waals surface area contributed by atoms with E-state index < -0.39 is 5.41 Å². The number of esters is 1. The summed E-state index contributed by atoms with van der Waals surface area (Å²) in [6.45, 7) is 12.0. The van der Waals surface area contributed by atoms with Crippen molar-refractivity contribution in [2.45, 2.75) is 53.4 Å². The smallest absolute Gasteiger partial charge is 0.306 e. The van der Waals surface area contributed by atoms with Gasteiger partial charge in [-0.25, -0.2) is 4.39 Å². The molecule has 0 heterocycles. The van der Waals surface area contributed by atoms with Crippen LogP contribution in [0.25, 0.3) is 0 Å². The summed E-state index contributed by atoms with van der Waals surface area (Å²) in [6.07, 6.45) is 2.41. The predicted molar refractivity (Wildman–Crippen MR) is 70.7 cm³/mol. The number of hydrogen-bond acceptors (Lipinski definition) is 2. The van der Waals surface area contributed by atoms with E-state index in [1.807, 2.05) is 0 Å². The Bertz CT molecular complexity index is 340. The molecular formula is C15H25FO2. The van der Waals surface area contributed by atoms with Gasteiger partial charge in [-0.15, -0.1) is 0 Å². The minimum absolute atomic E-state index is 0.00476. The number of methoxy groups -OCH3 is 1. The Morgan fingerprint density at radius 3 is 1.94 bits per heavy atom. The lowest BCUT2D eigenvalue weighted by Crippen LogP contribution is -2.43. The van der Waals surface area contributed by atoms with Crippen LogP contribution in [0.5, 0.6) is 0 Å². The zero-order valence-corrected chi connectivity index (χ0v) is 12.2. The third-order valence-corrected chi connectivity index (χ3v) is 3.88. The van der Waals surface area contributed by atoms with Crippen molar-refractivity contribution in [1.29, 1.82) is 0 Å². The van der Waals surface area contributed by atoms with Crippen LogP contribution in [0.4, 0.5) is 4.39 Å². The van der Waals surface area contributed by atoms with Crippen LogP contribution >= 0.6 is 0 Å². The average molecular weight is 256 g/mol. The van der Waals surface area contributed by atoms with Gasteiger partial charge in [0.2, 0.25) is 0 Å². The number of carbonyl (C=O) groups is 1. The lowest BCUT2D eigenvalue weighted by molar-refractivity contribution is -0.145. The fourth-order valence-corrected chi connectivity index (χ4v) is 4.08. The highest BCUT2D eigenvalue weighted by Crippen LogP contribution is 2.58. The molecular weight excluding hydrogens is 231 g/mol. The van der Waals surface area contributed by atoms with Gasteiger partial charge in [0, 0.05) is 5.41 Å². The predicted octanol–water partition coefficient (Wildman–Crippen LogP) is 4.26. The van der Waals surface area contributed by atoms with Crippen molar-refractivity contribution >= 4 is 5.97 Å². The van der Waals surface area contributed by atoms with Gasteiger partial charge in [-0.3, -0.25) is 4.79 Å². The molecule has 1 aliphatic rings. The van der Waals surface area contributed by atoms with Gasteiger partial charge in [0.25, 0.3) is 0 Å². The van der Waals surface area contributed by atoms with E-state index in [1.54, 1.807) is 0 Å².